The van der Waals surface area contributed by atoms with Crippen molar-refractivity contribution < 1.29 is 14.3 Å². The molecule has 0 aliphatic rings. The number of hydrogen-bond acceptors (Lipinski definition) is 4. The molecule has 0 aliphatic carbocycles. The van der Waals surface area contributed by atoms with E-state index in [9.17, 15) is 4.79 Å². The SMILES string of the molecule is CCOc1cc(OC)c(Br)cc1C(=O)CNC. The highest BCUT2D eigenvalue weighted by atomic mass is 79.9. The first-order valence-electron chi connectivity index (χ1n) is 5.32. The molecule has 4 nitrogen and oxygen atoms in total. The Hall–Kier alpha value is -1.07. The van der Waals surface area contributed by atoms with Gasteiger partial charge in [0.05, 0.1) is 30.3 Å². The van der Waals surface area contributed by atoms with Crippen molar-refractivity contribution in [2.24, 2.45) is 0 Å². The Bertz CT molecular complexity index is 407. The van der Waals surface area contributed by atoms with Gasteiger partial charge >= 0.3 is 0 Å². The molecule has 1 N–H and O–H groups in total. The van der Waals surface area contributed by atoms with Crippen LogP contribution in [-0.2, 0) is 0 Å². The van der Waals surface area contributed by atoms with Gasteiger partial charge in [-0.15, -0.1) is 0 Å². The molecule has 0 aromatic heterocycles. The molecule has 0 atom stereocenters. The van der Waals surface area contributed by atoms with Gasteiger partial charge in [0.2, 0.25) is 0 Å². The van der Waals surface area contributed by atoms with Crippen LogP contribution < -0.4 is 14.8 Å². The average Bonchev–Trinajstić information content (AvgIpc) is 2.31. The Labute approximate surface area is 109 Å². The van der Waals surface area contributed by atoms with E-state index >= 15 is 0 Å². The van der Waals surface area contributed by atoms with Crippen LogP contribution in [0, 0.1) is 0 Å². The summed E-state index contributed by atoms with van der Waals surface area (Å²) in [6, 6.07) is 3.44. The van der Waals surface area contributed by atoms with Gasteiger partial charge in [0.15, 0.2) is 5.78 Å². The fraction of sp³-hybridized carbons (Fsp3) is 0.417. The number of ketones is 1. The highest BCUT2D eigenvalue weighted by Crippen LogP contribution is 2.33. The second-order valence-electron chi connectivity index (χ2n) is 3.37. The molecule has 0 unspecified atom stereocenters. The van der Waals surface area contributed by atoms with Gasteiger partial charge in [-0.05, 0) is 36.0 Å². The van der Waals surface area contributed by atoms with Crippen LogP contribution in [0.3, 0.4) is 0 Å². The van der Waals surface area contributed by atoms with Crippen LogP contribution in [0.4, 0.5) is 0 Å². The molecular weight excluding hydrogens is 286 g/mol. The van der Waals surface area contributed by atoms with Crippen molar-refractivity contribution in [1.29, 1.82) is 0 Å². The van der Waals surface area contributed by atoms with Crippen LogP contribution in [0.2, 0.25) is 0 Å². The van der Waals surface area contributed by atoms with Crippen LogP contribution in [0.25, 0.3) is 0 Å². The Morgan fingerprint density at radius 1 is 1.41 bits per heavy atom. The number of carbonyl (C=O) groups is 1. The standard InChI is InChI=1S/C12H16BrNO3/c1-4-17-11-6-12(16-3)9(13)5-8(11)10(15)7-14-2/h5-6,14H,4,7H2,1-3H3. The molecule has 1 aromatic carbocycles. The predicted octanol–water partition coefficient (Wildman–Crippen LogP) is 2.26. The zero-order chi connectivity index (χ0) is 12.8. The summed E-state index contributed by atoms with van der Waals surface area (Å²) in [6.07, 6.45) is 0. The van der Waals surface area contributed by atoms with Crippen molar-refractivity contribution in [3.05, 3.63) is 22.2 Å². The van der Waals surface area contributed by atoms with Crippen LogP contribution in [0.5, 0.6) is 11.5 Å². The van der Waals surface area contributed by atoms with E-state index in [1.54, 1.807) is 26.3 Å². The van der Waals surface area contributed by atoms with Crippen molar-refractivity contribution >= 4 is 21.7 Å². The van der Waals surface area contributed by atoms with Crippen molar-refractivity contribution in [3.63, 3.8) is 0 Å². The van der Waals surface area contributed by atoms with Gasteiger partial charge in [-0.2, -0.15) is 0 Å². The lowest BCUT2D eigenvalue weighted by Gasteiger charge is -2.12. The number of nitrogens with one attached hydrogen (secondary N) is 1. The third-order valence-electron chi connectivity index (χ3n) is 2.19. The summed E-state index contributed by atoms with van der Waals surface area (Å²) in [7, 11) is 3.31. The van der Waals surface area contributed by atoms with E-state index in [4.69, 9.17) is 9.47 Å². The molecule has 0 heterocycles. The van der Waals surface area contributed by atoms with E-state index in [-0.39, 0.29) is 12.3 Å². The van der Waals surface area contributed by atoms with E-state index in [1.807, 2.05) is 6.92 Å². The summed E-state index contributed by atoms with van der Waals surface area (Å²) in [4.78, 5) is 11.9. The number of halogens is 1. The van der Waals surface area contributed by atoms with Crippen molar-refractivity contribution in [2.45, 2.75) is 6.92 Å². The maximum absolute atomic E-state index is 11.9. The first-order valence-corrected chi connectivity index (χ1v) is 6.11. The first kappa shape index (κ1) is 14.0. The van der Waals surface area contributed by atoms with E-state index < -0.39 is 0 Å². The normalized spacial score (nSPS) is 10.1. The molecule has 0 fully saturated rings. The molecule has 0 saturated heterocycles. The number of Topliss-reactive ketones (excluding diaryl/α,β-unsaturated/α-hetero) is 1. The largest absolute Gasteiger partial charge is 0.495 e. The van der Waals surface area contributed by atoms with Gasteiger partial charge in [0.1, 0.15) is 11.5 Å². The Kier molecular flexibility index (Phi) is 5.44. The van der Waals surface area contributed by atoms with Crippen molar-refractivity contribution in [2.75, 3.05) is 27.3 Å². The zero-order valence-corrected chi connectivity index (χ0v) is 11.8. The van der Waals surface area contributed by atoms with E-state index in [0.29, 0.717) is 23.7 Å². The number of hydrogen-bond donors (Lipinski definition) is 1. The quantitative estimate of drug-likeness (QED) is 0.819. The molecule has 1 rings (SSSR count). The third-order valence-corrected chi connectivity index (χ3v) is 2.81. The topological polar surface area (TPSA) is 47.6 Å². The molecule has 5 heteroatoms. The molecule has 1 aromatic rings. The summed E-state index contributed by atoms with van der Waals surface area (Å²) in [5.41, 5.74) is 0.550. The monoisotopic (exact) mass is 301 g/mol. The summed E-state index contributed by atoms with van der Waals surface area (Å²) >= 11 is 3.36. The van der Waals surface area contributed by atoms with Crippen molar-refractivity contribution in [3.8, 4) is 11.5 Å². The molecule has 0 radical (unpaired) electrons. The lowest BCUT2D eigenvalue weighted by Crippen LogP contribution is -2.19. The Morgan fingerprint density at radius 3 is 2.65 bits per heavy atom. The second-order valence-corrected chi connectivity index (χ2v) is 4.22. The average molecular weight is 302 g/mol. The van der Waals surface area contributed by atoms with Crippen LogP contribution in [-0.4, -0.2) is 33.1 Å². The molecule has 17 heavy (non-hydrogen) atoms. The van der Waals surface area contributed by atoms with Gasteiger partial charge in [-0.25, -0.2) is 0 Å². The summed E-state index contributed by atoms with van der Waals surface area (Å²) in [5, 5.41) is 2.83. The fourth-order valence-corrected chi connectivity index (χ4v) is 1.95. The summed E-state index contributed by atoms with van der Waals surface area (Å²) in [5.74, 6) is 1.18. The summed E-state index contributed by atoms with van der Waals surface area (Å²) < 4.78 is 11.4. The van der Waals surface area contributed by atoms with E-state index in [2.05, 4.69) is 21.2 Å². The first-order chi connectivity index (χ1) is 8.13. The summed E-state index contributed by atoms with van der Waals surface area (Å²) in [6.45, 7) is 2.66. The molecule has 0 saturated carbocycles. The van der Waals surface area contributed by atoms with Gasteiger partial charge in [-0.1, -0.05) is 0 Å². The lowest BCUT2D eigenvalue weighted by molar-refractivity contribution is 0.0990. The lowest BCUT2D eigenvalue weighted by atomic mass is 10.1. The molecule has 0 aliphatic heterocycles. The number of rotatable bonds is 6. The van der Waals surface area contributed by atoms with Gasteiger partial charge < -0.3 is 14.8 Å². The van der Waals surface area contributed by atoms with Gasteiger partial charge in [0.25, 0.3) is 0 Å². The van der Waals surface area contributed by atoms with E-state index in [0.717, 1.165) is 4.47 Å². The number of methoxy groups -OCH3 is 1. The third kappa shape index (κ3) is 3.44. The Balaban J connectivity index is 3.17. The second kappa shape index (κ2) is 6.61. The minimum atomic E-state index is -0.0145. The number of carbonyl (C=O) groups excluding carboxylic acids is 1. The molecule has 94 valence electrons. The molecule has 0 amide bonds. The smallest absolute Gasteiger partial charge is 0.180 e. The van der Waals surface area contributed by atoms with Gasteiger partial charge in [0, 0.05) is 6.07 Å². The van der Waals surface area contributed by atoms with Crippen LogP contribution in [0.15, 0.2) is 16.6 Å². The molecule has 0 bridgehead atoms. The molecule has 0 spiro atoms. The van der Waals surface area contributed by atoms with Crippen LogP contribution in [0.1, 0.15) is 17.3 Å². The number of ether oxygens (including phenoxy) is 2. The van der Waals surface area contributed by atoms with Crippen molar-refractivity contribution in [1.82, 2.24) is 5.32 Å². The predicted molar refractivity (Wildman–Crippen MR) is 70.1 cm³/mol. The minimum absolute atomic E-state index is 0.0145. The maximum Gasteiger partial charge on any atom is 0.180 e. The zero-order valence-electron chi connectivity index (χ0n) is 10.2. The molecular formula is C12H16BrNO3. The number of likely N-dealkylation sites (N-methyl/N-ethyl adjacent to an activating group) is 1. The minimum Gasteiger partial charge on any atom is -0.495 e. The maximum atomic E-state index is 11.9. The fourth-order valence-electron chi connectivity index (χ4n) is 1.44. The van der Waals surface area contributed by atoms with Gasteiger partial charge in [-0.3, -0.25) is 4.79 Å². The Morgan fingerprint density at radius 2 is 2.12 bits per heavy atom. The highest BCUT2D eigenvalue weighted by Gasteiger charge is 2.15. The van der Waals surface area contributed by atoms with E-state index in [1.165, 1.54) is 0 Å². The number of benzene rings is 1. The van der Waals surface area contributed by atoms with Crippen LogP contribution >= 0.6 is 15.9 Å². The highest BCUT2D eigenvalue weighted by molar-refractivity contribution is 9.10.